The normalized spacial score (nSPS) is 10.4. The lowest BCUT2D eigenvalue weighted by Crippen LogP contribution is -2.43. The summed E-state index contributed by atoms with van der Waals surface area (Å²) in [6, 6.07) is 11.4. The van der Waals surface area contributed by atoms with Crippen LogP contribution in [0.1, 0.15) is 15.9 Å². The molecule has 0 aliphatic heterocycles. The summed E-state index contributed by atoms with van der Waals surface area (Å²) in [7, 11) is 1.55. The van der Waals surface area contributed by atoms with Crippen LogP contribution in [0.4, 0.5) is 0 Å². The summed E-state index contributed by atoms with van der Waals surface area (Å²) < 4.78 is 15.5. The SMILES string of the molecule is COc1ccc2c(CC(=O)OCC(=O)NNC(=O)c3ccc(Cl)cc3)coc2c1. The fourth-order valence-electron chi connectivity index (χ4n) is 2.52. The van der Waals surface area contributed by atoms with Gasteiger partial charge in [0.15, 0.2) is 6.61 Å². The Morgan fingerprint density at radius 2 is 1.83 bits per heavy atom. The van der Waals surface area contributed by atoms with Crippen LogP contribution >= 0.6 is 11.6 Å². The van der Waals surface area contributed by atoms with Gasteiger partial charge < -0.3 is 13.9 Å². The van der Waals surface area contributed by atoms with E-state index in [1.54, 1.807) is 37.4 Å². The van der Waals surface area contributed by atoms with Crippen molar-refractivity contribution in [2.45, 2.75) is 6.42 Å². The largest absolute Gasteiger partial charge is 0.497 e. The van der Waals surface area contributed by atoms with Gasteiger partial charge in [-0.25, -0.2) is 0 Å². The standard InChI is InChI=1S/C20H17ClN2O6/c1-27-15-6-7-16-13(10-28-17(16)9-15)8-19(25)29-11-18(24)22-23-20(26)12-2-4-14(21)5-3-12/h2-7,9-10H,8,11H2,1H3,(H,22,24)(H,23,26). The second-order valence-corrected chi connectivity index (χ2v) is 6.41. The first-order valence-electron chi connectivity index (χ1n) is 8.51. The number of hydrogen-bond acceptors (Lipinski definition) is 6. The molecule has 0 spiro atoms. The van der Waals surface area contributed by atoms with Crippen molar-refractivity contribution in [3.63, 3.8) is 0 Å². The van der Waals surface area contributed by atoms with Crippen LogP contribution in [-0.4, -0.2) is 31.5 Å². The highest BCUT2D eigenvalue weighted by Gasteiger charge is 2.14. The van der Waals surface area contributed by atoms with E-state index >= 15 is 0 Å². The molecule has 8 nitrogen and oxygen atoms in total. The number of hydrogen-bond donors (Lipinski definition) is 2. The molecule has 1 heterocycles. The van der Waals surface area contributed by atoms with Gasteiger partial charge in [-0.3, -0.25) is 25.2 Å². The highest BCUT2D eigenvalue weighted by molar-refractivity contribution is 6.30. The lowest BCUT2D eigenvalue weighted by atomic mass is 10.1. The molecule has 150 valence electrons. The molecule has 0 aliphatic carbocycles. The Bertz CT molecular complexity index is 1040. The lowest BCUT2D eigenvalue weighted by molar-refractivity contribution is -0.148. The topological polar surface area (TPSA) is 107 Å². The highest BCUT2D eigenvalue weighted by Crippen LogP contribution is 2.26. The summed E-state index contributed by atoms with van der Waals surface area (Å²) in [6.07, 6.45) is 1.39. The fourth-order valence-corrected chi connectivity index (χ4v) is 2.64. The summed E-state index contributed by atoms with van der Waals surface area (Å²) in [5.41, 5.74) is 5.92. The van der Waals surface area contributed by atoms with Crippen LogP contribution in [0.5, 0.6) is 5.75 Å². The predicted octanol–water partition coefficient (Wildman–Crippen LogP) is 2.64. The highest BCUT2D eigenvalue weighted by atomic mass is 35.5. The first-order valence-corrected chi connectivity index (χ1v) is 8.88. The molecule has 0 radical (unpaired) electrons. The van der Waals surface area contributed by atoms with Crippen LogP contribution in [-0.2, 0) is 20.7 Å². The van der Waals surface area contributed by atoms with E-state index in [1.165, 1.54) is 18.4 Å². The van der Waals surface area contributed by atoms with Gasteiger partial charge in [0.05, 0.1) is 19.8 Å². The monoisotopic (exact) mass is 416 g/mol. The number of ether oxygens (including phenoxy) is 2. The van der Waals surface area contributed by atoms with Gasteiger partial charge in [0.1, 0.15) is 11.3 Å². The number of benzene rings is 2. The van der Waals surface area contributed by atoms with Gasteiger partial charge in [-0.1, -0.05) is 11.6 Å². The summed E-state index contributed by atoms with van der Waals surface area (Å²) in [5, 5.41) is 1.24. The number of carbonyl (C=O) groups is 3. The molecular weight excluding hydrogens is 400 g/mol. The third-order valence-electron chi connectivity index (χ3n) is 3.98. The van der Waals surface area contributed by atoms with Crippen LogP contribution in [0.3, 0.4) is 0 Å². The van der Waals surface area contributed by atoms with Crippen LogP contribution in [0.2, 0.25) is 5.02 Å². The van der Waals surface area contributed by atoms with Gasteiger partial charge in [0.25, 0.3) is 11.8 Å². The molecule has 2 aromatic carbocycles. The average Bonchev–Trinajstić information content (AvgIpc) is 3.12. The molecule has 2 N–H and O–H groups in total. The summed E-state index contributed by atoms with van der Waals surface area (Å²) >= 11 is 5.75. The Morgan fingerprint density at radius 3 is 2.55 bits per heavy atom. The molecule has 0 fully saturated rings. The Hall–Kier alpha value is -3.52. The average molecular weight is 417 g/mol. The third-order valence-corrected chi connectivity index (χ3v) is 4.24. The van der Waals surface area contributed by atoms with Gasteiger partial charge in [-0.2, -0.15) is 0 Å². The van der Waals surface area contributed by atoms with Crippen LogP contribution in [0, 0.1) is 0 Å². The van der Waals surface area contributed by atoms with Crippen molar-refractivity contribution < 1.29 is 28.3 Å². The van der Waals surface area contributed by atoms with E-state index in [-0.39, 0.29) is 6.42 Å². The second-order valence-electron chi connectivity index (χ2n) is 5.97. The van der Waals surface area contributed by atoms with Gasteiger partial charge in [0, 0.05) is 27.6 Å². The molecule has 3 rings (SSSR count). The lowest BCUT2D eigenvalue weighted by Gasteiger charge is -2.08. The van der Waals surface area contributed by atoms with Crippen LogP contribution < -0.4 is 15.6 Å². The van der Waals surface area contributed by atoms with Gasteiger partial charge in [-0.15, -0.1) is 0 Å². The zero-order chi connectivity index (χ0) is 20.8. The van der Waals surface area contributed by atoms with Crippen molar-refractivity contribution in [1.82, 2.24) is 10.9 Å². The number of carbonyl (C=O) groups excluding carboxylic acids is 3. The molecule has 3 aromatic rings. The third kappa shape index (κ3) is 5.26. The van der Waals surface area contributed by atoms with E-state index < -0.39 is 24.4 Å². The fraction of sp³-hybridized carbons (Fsp3) is 0.150. The number of rotatable bonds is 6. The first kappa shape index (κ1) is 20.2. The Labute approximate surface area is 170 Å². The van der Waals surface area contributed by atoms with Crippen LogP contribution in [0.25, 0.3) is 11.0 Å². The predicted molar refractivity (Wildman–Crippen MR) is 104 cm³/mol. The number of methoxy groups -OCH3 is 1. The van der Waals surface area contributed by atoms with Crippen molar-refractivity contribution in [3.8, 4) is 5.75 Å². The van der Waals surface area contributed by atoms with E-state index in [2.05, 4.69) is 10.9 Å². The van der Waals surface area contributed by atoms with Crippen molar-refractivity contribution in [2.24, 2.45) is 0 Å². The van der Waals surface area contributed by atoms with Crippen molar-refractivity contribution in [2.75, 3.05) is 13.7 Å². The number of fused-ring (bicyclic) bond motifs is 1. The Kier molecular flexibility index (Phi) is 6.36. The number of halogens is 1. The summed E-state index contributed by atoms with van der Waals surface area (Å²) in [6.45, 7) is -0.538. The molecule has 0 unspecified atom stereocenters. The van der Waals surface area contributed by atoms with Crippen molar-refractivity contribution in [3.05, 3.63) is 64.9 Å². The first-order chi connectivity index (χ1) is 14.0. The summed E-state index contributed by atoms with van der Waals surface area (Å²) in [4.78, 5) is 35.7. The molecule has 9 heteroatoms. The maximum atomic E-state index is 12.0. The number of furan rings is 1. The molecule has 29 heavy (non-hydrogen) atoms. The summed E-state index contributed by atoms with van der Waals surface area (Å²) in [5.74, 6) is -1.18. The minimum atomic E-state index is -0.678. The second kappa shape index (κ2) is 9.11. The number of amides is 2. The van der Waals surface area contributed by atoms with E-state index in [0.29, 0.717) is 27.5 Å². The minimum Gasteiger partial charge on any atom is -0.497 e. The maximum Gasteiger partial charge on any atom is 0.310 e. The Morgan fingerprint density at radius 1 is 1.07 bits per heavy atom. The van der Waals surface area contributed by atoms with Crippen molar-refractivity contribution >= 4 is 40.4 Å². The van der Waals surface area contributed by atoms with Crippen molar-refractivity contribution in [1.29, 1.82) is 0 Å². The molecule has 1 aromatic heterocycles. The Balaban J connectivity index is 1.46. The molecule has 0 aliphatic rings. The molecule has 0 atom stereocenters. The molecule has 2 amide bonds. The molecule has 0 bridgehead atoms. The van der Waals surface area contributed by atoms with E-state index in [1.807, 2.05) is 0 Å². The van der Waals surface area contributed by atoms with Gasteiger partial charge in [-0.05, 0) is 36.4 Å². The zero-order valence-electron chi connectivity index (χ0n) is 15.4. The quantitative estimate of drug-likeness (QED) is 0.472. The molecular formula is C20H17ClN2O6. The van der Waals surface area contributed by atoms with Gasteiger partial charge in [0.2, 0.25) is 0 Å². The number of hydrazine groups is 1. The van der Waals surface area contributed by atoms with E-state index in [0.717, 1.165) is 5.39 Å². The minimum absolute atomic E-state index is 0.0657. The number of esters is 1. The van der Waals surface area contributed by atoms with E-state index in [4.69, 9.17) is 25.5 Å². The molecule has 0 saturated heterocycles. The van der Waals surface area contributed by atoms with Crippen LogP contribution in [0.15, 0.2) is 53.1 Å². The number of nitrogens with one attached hydrogen (secondary N) is 2. The molecule has 0 saturated carbocycles. The zero-order valence-corrected chi connectivity index (χ0v) is 16.1. The maximum absolute atomic E-state index is 12.0. The van der Waals surface area contributed by atoms with Gasteiger partial charge >= 0.3 is 5.97 Å². The van der Waals surface area contributed by atoms with E-state index in [9.17, 15) is 14.4 Å². The smallest absolute Gasteiger partial charge is 0.310 e.